The van der Waals surface area contributed by atoms with Crippen LogP contribution in [0, 0.1) is 0 Å². The first kappa shape index (κ1) is 15.4. The predicted octanol–water partition coefficient (Wildman–Crippen LogP) is -1.09. The highest BCUT2D eigenvalue weighted by atomic mass is 127. The topological polar surface area (TPSA) is 74.0 Å². The molecule has 0 bridgehead atoms. The zero-order chi connectivity index (χ0) is 11.3. The Labute approximate surface area is 113 Å². The summed E-state index contributed by atoms with van der Waals surface area (Å²) >= 11 is 0. The van der Waals surface area contributed by atoms with E-state index in [-0.39, 0.29) is 29.9 Å². The zero-order valence-corrected chi connectivity index (χ0v) is 12.1. The maximum atomic E-state index is 11.1. The van der Waals surface area contributed by atoms with Gasteiger partial charge in [-0.15, -0.1) is 24.0 Å². The number of halogens is 1. The maximum Gasteiger partial charge on any atom is 0.234 e. The number of hydrogen-bond donors (Lipinski definition) is 2. The Kier molecular flexibility index (Phi) is 7.39. The first-order valence-corrected chi connectivity index (χ1v) is 5.06. The molecule has 1 saturated heterocycles. The van der Waals surface area contributed by atoms with Crippen LogP contribution in [0.3, 0.4) is 0 Å². The summed E-state index contributed by atoms with van der Waals surface area (Å²) in [6.45, 7) is 3.51. The first-order valence-electron chi connectivity index (χ1n) is 5.06. The molecule has 7 heteroatoms. The average molecular weight is 341 g/mol. The van der Waals surface area contributed by atoms with Crippen LogP contribution in [0.5, 0.6) is 0 Å². The molecule has 0 aromatic heterocycles. The van der Waals surface area contributed by atoms with Crippen LogP contribution in [0.15, 0.2) is 4.99 Å². The van der Waals surface area contributed by atoms with Gasteiger partial charge in [0.2, 0.25) is 5.91 Å². The van der Waals surface area contributed by atoms with E-state index in [2.05, 4.69) is 15.2 Å². The number of carbonyl (C=O) groups excluding carboxylic acids is 1. The zero-order valence-electron chi connectivity index (χ0n) is 9.77. The summed E-state index contributed by atoms with van der Waals surface area (Å²) in [5.41, 5.74) is 5.64. The van der Waals surface area contributed by atoms with Gasteiger partial charge in [-0.05, 0) is 0 Å². The standard InChI is InChI=1S/C9H19N5O.HI/c1-13(2)9(10)12-4-6-14-5-3-11-8(15)7-14;/h3-7H2,1-2H3,(H2,10,12)(H,11,15);1H. The third-order valence-electron chi connectivity index (χ3n) is 2.27. The molecule has 16 heavy (non-hydrogen) atoms. The van der Waals surface area contributed by atoms with Gasteiger partial charge in [-0.1, -0.05) is 0 Å². The van der Waals surface area contributed by atoms with Gasteiger partial charge in [-0.2, -0.15) is 0 Å². The molecular formula is C9H20IN5O. The summed E-state index contributed by atoms with van der Waals surface area (Å²) in [4.78, 5) is 19.1. The van der Waals surface area contributed by atoms with Crippen molar-refractivity contribution in [3.63, 3.8) is 0 Å². The van der Waals surface area contributed by atoms with Crippen molar-refractivity contribution in [3.05, 3.63) is 0 Å². The third-order valence-corrected chi connectivity index (χ3v) is 2.27. The number of nitrogens with one attached hydrogen (secondary N) is 1. The Morgan fingerprint density at radius 2 is 2.31 bits per heavy atom. The normalized spacial score (nSPS) is 17.6. The second kappa shape index (κ2) is 7.66. The third kappa shape index (κ3) is 5.50. The second-order valence-corrected chi connectivity index (χ2v) is 3.76. The van der Waals surface area contributed by atoms with E-state index in [0.717, 1.165) is 19.6 Å². The number of aliphatic imine (C=N–C) groups is 1. The van der Waals surface area contributed by atoms with Crippen molar-refractivity contribution >= 4 is 35.8 Å². The summed E-state index contributed by atoms with van der Waals surface area (Å²) in [5, 5.41) is 2.78. The minimum atomic E-state index is 0. The lowest BCUT2D eigenvalue weighted by Crippen LogP contribution is -2.48. The fourth-order valence-electron chi connectivity index (χ4n) is 1.33. The van der Waals surface area contributed by atoms with Gasteiger partial charge < -0.3 is 16.0 Å². The summed E-state index contributed by atoms with van der Waals surface area (Å²) < 4.78 is 0. The molecule has 0 radical (unpaired) electrons. The molecule has 1 amide bonds. The monoisotopic (exact) mass is 341 g/mol. The van der Waals surface area contributed by atoms with Gasteiger partial charge in [0.05, 0.1) is 13.1 Å². The van der Waals surface area contributed by atoms with Crippen LogP contribution in [0.4, 0.5) is 0 Å². The van der Waals surface area contributed by atoms with Gasteiger partial charge in [0.1, 0.15) is 0 Å². The number of rotatable bonds is 3. The lowest BCUT2D eigenvalue weighted by Gasteiger charge is -2.25. The minimum absolute atomic E-state index is 0. The molecule has 3 N–H and O–H groups in total. The van der Waals surface area contributed by atoms with Crippen molar-refractivity contribution in [1.29, 1.82) is 0 Å². The second-order valence-electron chi connectivity index (χ2n) is 3.76. The van der Waals surface area contributed by atoms with Gasteiger partial charge in [0, 0.05) is 33.7 Å². The summed E-state index contributed by atoms with van der Waals surface area (Å²) in [5.74, 6) is 0.613. The molecule has 0 unspecified atom stereocenters. The van der Waals surface area contributed by atoms with E-state index in [0.29, 0.717) is 19.0 Å². The molecule has 0 spiro atoms. The predicted molar refractivity (Wildman–Crippen MR) is 75.0 cm³/mol. The lowest BCUT2D eigenvalue weighted by molar-refractivity contribution is -0.124. The molecule has 0 aromatic rings. The largest absolute Gasteiger partial charge is 0.370 e. The molecule has 1 rings (SSSR count). The van der Waals surface area contributed by atoms with E-state index in [1.165, 1.54) is 0 Å². The van der Waals surface area contributed by atoms with Crippen LogP contribution in [0.2, 0.25) is 0 Å². The van der Waals surface area contributed by atoms with E-state index in [1.807, 2.05) is 14.1 Å². The van der Waals surface area contributed by atoms with E-state index in [9.17, 15) is 4.79 Å². The average Bonchev–Trinajstić information content (AvgIpc) is 2.17. The van der Waals surface area contributed by atoms with E-state index in [1.54, 1.807) is 4.90 Å². The summed E-state index contributed by atoms with van der Waals surface area (Å²) in [6.07, 6.45) is 0. The smallest absolute Gasteiger partial charge is 0.234 e. The maximum absolute atomic E-state index is 11.1. The molecule has 0 aliphatic carbocycles. The Morgan fingerprint density at radius 1 is 1.62 bits per heavy atom. The van der Waals surface area contributed by atoms with Crippen molar-refractivity contribution in [3.8, 4) is 0 Å². The fraction of sp³-hybridized carbons (Fsp3) is 0.778. The highest BCUT2D eigenvalue weighted by Crippen LogP contribution is 1.92. The molecule has 0 atom stereocenters. The Morgan fingerprint density at radius 3 is 2.88 bits per heavy atom. The Hall–Kier alpha value is -0.570. The SMILES string of the molecule is CN(C)C(N)=NCCN1CCNC(=O)C1.I. The number of nitrogens with zero attached hydrogens (tertiary/aromatic N) is 3. The number of nitrogens with two attached hydrogens (primary N) is 1. The van der Waals surface area contributed by atoms with Gasteiger partial charge in [-0.25, -0.2) is 0 Å². The van der Waals surface area contributed by atoms with Crippen molar-refractivity contribution in [2.45, 2.75) is 0 Å². The van der Waals surface area contributed by atoms with Crippen molar-refractivity contribution < 1.29 is 4.79 Å². The summed E-state index contributed by atoms with van der Waals surface area (Å²) in [7, 11) is 3.71. The highest BCUT2D eigenvalue weighted by Gasteiger charge is 2.14. The molecule has 1 aliphatic heterocycles. The van der Waals surface area contributed by atoms with E-state index >= 15 is 0 Å². The quantitative estimate of drug-likeness (QED) is 0.389. The molecule has 1 fully saturated rings. The lowest BCUT2D eigenvalue weighted by atomic mass is 10.3. The van der Waals surface area contributed by atoms with Crippen molar-refractivity contribution in [2.24, 2.45) is 10.7 Å². The number of guanidine groups is 1. The number of piperazine rings is 1. The molecule has 0 aromatic carbocycles. The Balaban J connectivity index is 0.00000225. The molecule has 94 valence electrons. The minimum Gasteiger partial charge on any atom is -0.370 e. The highest BCUT2D eigenvalue weighted by molar-refractivity contribution is 14.0. The Bertz CT molecular complexity index is 256. The van der Waals surface area contributed by atoms with Crippen LogP contribution in [0.25, 0.3) is 0 Å². The van der Waals surface area contributed by atoms with Gasteiger partial charge in [0.15, 0.2) is 5.96 Å². The van der Waals surface area contributed by atoms with Crippen LogP contribution >= 0.6 is 24.0 Å². The van der Waals surface area contributed by atoms with Crippen LogP contribution in [-0.4, -0.2) is 68.5 Å². The number of carbonyl (C=O) groups is 1. The first-order chi connectivity index (χ1) is 7.09. The van der Waals surface area contributed by atoms with Gasteiger partial charge >= 0.3 is 0 Å². The van der Waals surface area contributed by atoms with E-state index in [4.69, 9.17) is 5.73 Å². The van der Waals surface area contributed by atoms with Crippen molar-refractivity contribution in [2.75, 3.05) is 46.8 Å². The van der Waals surface area contributed by atoms with Gasteiger partial charge in [0.25, 0.3) is 0 Å². The van der Waals surface area contributed by atoms with Crippen LogP contribution in [0.1, 0.15) is 0 Å². The number of hydrogen-bond acceptors (Lipinski definition) is 3. The summed E-state index contributed by atoms with van der Waals surface area (Å²) in [6, 6.07) is 0. The molecular weight excluding hydrogens is 321 g/mol. The molecule has 1 aliphatic rings. The number of amides is 1. The van der Waals surface area contributed by atoms with Crippen LogP contribution < -0.4 is 11.1 Å². The van der Waals surface area contributed by atoms with Crippen molar-refractivity contribution in [1.82, 2.24) is 15.1 Å². The molecule has 1 heterocycles. The fourth-order valence-corrected chi connectivity index (χ4v) is 1.33. The van der Waals surface area contributed by atoms with Crippen LogP contribution in [-0.2, 0) is 4.79 Å². The van der Waals surface area contributed by atoms with Gasteiger partial charge in [-0.3, -0.25) is 14.7 Å². The molecule has 0 saturated carbocycles. The van der Waals surface area contributed by atoms with E-state index < -0.39 is 0 Å². The molecule has 6 nitrogen and oxygen atoms in total.